The lowest BCUT2D eigenvalue weighted by molar-refractivity contribution is -0.121. The minimum atomic E-state index is -0.215. The van der Waals surface area contributed by atoms with Crippen molar-refractivity contribution < 1.29 is 14.0 Å². The summed E-state index contributed by atoms with van der Waals surface area (Å²) in [5, 5.41) is 3.04. The number of amides is 2. The number of anilines is 1. The van der Waals surface area contributed by atoms with E-state index < -0.39 is 0 Å². The molecule has 0 unspecified atom stereocenters. The predicted molar refractivity (Wildman–Crippen MR) is 134 cm³/mol. The van der Waals surface area contributed by atoms with Crippen molar-refractivity contribution in [2.24, 2.45) is 0 Å². The third-order valence-electron chi connectivity index (χ3n) is 5.73. The summed E-state index contributed by atoms with van der Waals surface area (Å²) in [7, 11) is 0. The molecule has 5 heteroatoms. The number of hydrogen-bond donors (Lipinski definition) is 1. The van der Waals surface area contributed by atoms with Gasteiger partial charge in [-0.05, 0) is 54.8 Å². The maximum atomic E-state index is 13.2. The maximum Gasteiger partial charge on any atom is 0.294 e. The Morgan fingerprint density at radius 3 is 2.18 bits per heavy atom. The molecule has 3 aromatic carbocycles. The van der Waals surface area contributed by atoms with Crippen molar-refractivity contribution in [1.82, 2.24) is 5.32 Å². The van der Waals surface area contributed by atoms with Crippen LogP contribution in [0.15, 0.2) is 102 Å². The molecule has 0 spiro atoms. The van der Waals surface area contributed by atoms with Crippen LogP contribution in [0.2, 0.25) is 0 Å². The zero-order valence-electron chi connectivity index (χ0n) is 19.4. The molecule has 1 heterocycles. The van der Waals surface area contributed by atoms with Crippen molar-refractivity contribution in [2.45, 2.75) is 32.9 Å². The minimum absolute atomic E-state index is 0.0488. The number of aryl methyl sites for hydroxylation is 1. The van der Waals surface area contributed by atoms with E-state index in [2.05, 4.69) is 5.32 Å². The quantitative estimate of drug-likeness (QED) is 0.364. The van der Waals surface area contributed by atoms with E-state index in [4.69, 9.17) is 4.42 Å². The predicted octanol–water partition coefficient (Wildman–Crippen LogP) is 5.85. The average molecular weight is 453 g/mol. The van der Waals surface area contributed by atoms with Gasteiger partial charge in [0.2, 0.25) is 5.91 Å². The van der Waals surface area contributed by atoms with Gasteiger partial charge in [-0.2, -0.15) is 0 Å². The fraction of sp³-hybridized carbons (Fsp3) is 0.172. The molecular weight excluding hydrogens is 424 g/mol. The van der Waals surface area contributed by atoms with E-state index in [1.807, 2.05) is 92.7 Å². The molecule has 0 aliphatic rings. The molecule has 34 heavy (non-hydrogen) atoms. The van der Waals surface area contributed by atoms with Crippen molar-refractivity contribution in [1.29, 1.82) is 0 Å². The number of nitrogens with one attached hydrogen (secondary N) is 1. The lowest BCUT2D eigenvalue weighted by Crippen LogP contribution is -2.30. The number of carbonyl (C=O) groups excluding carboxylic acids is 2. The second-order valence-electron chi connectivity index (χ2n) is 8.40. The summed E-state index contributed by atoms with van der Waals surface area (Å²) in [6, 6.07) is 28.8. The average Bonchev–Trinajstić information content (AvgIpc) is 3.39. The van der Waals surface area contributed by atoms with Gasteiger partial charge in [0.15, 0.2) is 5.76 Å². The first-order chi connectivity index (χ1) is 16.5. The van der Waals surface area contributed by atoms with Crippen LogP contribution in [0, 0.1) is 6.92 Å². The Hall–Kier alpha value is -4.12. The largest absolute Gasteiger partial charge is 0.459 e. The van der Waals surface area contributed by atoms with Crippen molar-refractivity contribution in [2.75, 3.05) is 4.90 Å². The normalized spacial score (nSPS) is 11.6. The van der Waals surface area contributed by atoms with Crippen molar-refractivity contribution in [3.63, 3.8) is 0 Å². The molecule has 2 amide bonds. The molecule has 0 bridgehead atoms. The topological polar surface area (TPSA) is 62.6 Å². The highest BCUT2D eigenvalue weighted by atomic mass is 16.3. The van der Waals surface area contributed by atoms with Crippen LogP contribution in [0.25, 0.3) is 0 Å². The second kappa shape index (κ2) is 10.7. The molecule has 0 aliphatic carbocycles. The molecule has 172 valence electrons. The van der Waals surface area contributed by atoms with Crippen molar-refractivity contribution in [3.8, 4) is 0 Å². The van der Waals surface area contributed by atoms with E-state index in [-0.39, 0.29) is 30.0 Å². The lowest BCUT2D eigenvalue weighted by Gasteiger charge is -2.22. The summed E-state index contributed by atoms with van der Waals surface area (Å²) in [4.78, 5) is 27.4. The highest BCUT2D eigenvalue weighted by Gasteiger charge is 2.21. The lowest BCUT2D eigenvalue weighted by atomic mass is 10.1. The molecular formula is C29H28N2O3. The van der Waals surface area contributed by atoms with E-state index in [1.54, 1.807) is 17.0 Å². The van der Waals surface area contributed by atoms with E-state index in [0.29, 0.717) is 6.54 Å². The number of rotatable bonds is 8. The Bertz CT molecular complexity index is 1210. The van der Waals surface area contributed by atoms with Gasteiger partial charge in [-0.1, -0.05) is 72.3 Å². The van der Waals surface area contributed by atoms with Crippen LogP contribution in [-0.4, -0.2) is 11.8 Å². The molecule has 0 radical (unpaired) electrons. The Morgan fingerprint density at radius 2 is 1.53 bits per heavy atom. The summed E-state index contributed by atoms with van der Waals surface area (Å²) in [6.07, 6.45) is 1.76. The zero-order chi connectivity index (χ0) is 23.9. The van der Waals surface area contributed by atoms with E-state index in [1.165, 1.54) is 6.26 Å². The van der Waals surface area contributed by atoms with E-state index >= 15 is 0 Å². The summed E-state index contributed by atoms with van der Waals surface area (Å²) < 4.78 is 5.36. The molecule has 4 rings (SSSR count). The summed E-state index contributed by atoms with van der Waals surface area (Å²) >= 11 is 0. The van der Waals surface area contributed by atoms with Crippen LogP contribution >= 0.6 is 0 Å². The SMILES string of the molecule is Cc1ccc(CN(C(=O)c2ccco2)c2ccc(CC(=O)N[C@@H](C)c3ccccc3)cc2)cc1. The molecule has 1 N–H and O–H groups in total. The van der Waals surface area contributed by atoms with Crippen molar-refractivity contribution >= 4 is 17.5 Å². The molecule has 0 aliphatic heterocycles. The smallest absolute Gasteiger partial charge is 0.294 e. The van der Waals surface area contributed by atoms with Crippen LogP contribution in [0.3, 0.4) is 0 Å². The van der Waals surface area contributed by atoms with Gasteiger partial charge in [0.05, 0.1) is 25.3 Å². The third-order valence-corrected chi connectivity index (χ3v) is 5.73. The maximum absolute atomic E-state index is 13.2. The summed E-state index contributed by atoms with van der Waals surface area (Å²) in [5.74, 6) is 0.0190. The van der Waals surface area contributed by atoms with Gasteiger partial charge in [0, 0.05) is 5.69 Å². The van der Waals surface area contributed by atoms with Crippen LogP contribution in [0.1, 0.15) is 45.8 Å². The molecule has 5 nitrogen and oxygen atoms in total. The second-order valence-corrected chi connectivity index (χ2v) is 8.40. The summed E-state index contributed by atoms with van der Waals surface area (Å²) in [6.45, 7) is 4.42. The van der Waals surface area contributed by atoms with Gasteiger partial charge in [-0.3, -0.25) is 9.59 Å². The number of furan rings is 1. The first kappa shape index (κ1) is 23.1. The monoisotopic (exact) mass is 452 g/mol. The first-order valence-electron chi connectivity index (χ1n) is 11.3. The van der Waals surface area contributed by atoms with Gasteiger partial charge in [-0.25, -0.2) is 0 Å². The van der Waals surface area contributed by atoms with Crippen LogP contribution in [-0.2, 0) is 17.8 Å². The third kappa shape index (κ3) is 5.81. The number of benzene rings is 3. The van der Waals surface area contributed by atoms with Gasteiger partial charge in [0.1, 0.15) is 0 Å². The first-order valence-corrected chi connectivity index (χ1v) is 11.3. The van der Waals surface area contributed by atoms with Crippen LogP contribution in [0.5, 0.6) is 0 Å². The standard InChI is InChI=1S/C29H28N2O3/c1-21-10-12-24(13-11-21)20-31(29(33)27-9-6-18-34-27)26-16-14-23(15-17-26)19-28(32)30-22(2)25-7-4-3-5-8-25/h3-18,22H,19-20H2,1-2H3,(H,30,32)/t22-/m0/s1. The Balaban J connectivity index is 1.47. The van der Waals surface area contributed by atoms with E-state index in [9.17, 15) is 9.59 Å². The molecule has 1 atom stereocenters. The van der Waals surface area contributed by atoms with Gasteiger partial charge in [0.25, 0.3) is 5.91 Å². The van der Waals surface area contributed by atoms with Gasteiger partial charge in [-0.15, -0.1) is 0 Å². The van der Waals surface area contributed by atoms with Gasteiger partial charge >= 0.3 is 0 Å². The number of hydrogen-bond acceptors (Lipinski definition) is 3. The Labute approximate surface area is 200 Å². The number of nitrogens with zero attached hydrogens (tertiary/aromatic N) is 1. The van der Waals surface area contributed by atoms with Crippen LogP contribution < -0.4 is 10.2 Å². The molecule has 4 aromatic rings. The van der Waals surface area contributed by atoms with Crippen LogP contribution in [0.4, 0.5) is 5.69 Å². The fourth-order valence-corrected chi connectivity index (χ4v) is 3.79. The highest BCUT2D eigenvalue weighted by molar-refractivity contribution is 6.04. The van der Waals surface area contributed by atoms with E-state index in [0.717, 1.165) is 27.9 Å². The summed E-state index contributed by atoms with van der Waals surface area (Å²) in [5.41, 5.74) is 4.86. The highest BCUT2D eigenvalue weighted by Crippen LogP contribution is 2.22. The molecule has 1 aromatic heterocycles. The van der Waals surface area contributed by atoms with Gasteiger partial charge < -0.3 is 14.6 Å². The Morgan fingerprint density at radius 1 is 0.853 bits per heavy atom. The minimum Gasteiger partial charge on any atom is -0.459 e. The zero-order valence-corrected chi connectivity index (χ0v) is 19.4. The Kier molecular flexibility index (Phi) is 7.23. The fourth-order valence-electron chi connectivity index (χ4n) is 3.79. The molecule has 0 saturated carbocycles. The van der Waals surface area contributed by atoms with Crippen molar-refractivity contribution in [3.05, 3.63) is 125 Å². The number of carbonyl (C=O) groups is 2. The molecule has 0 fully saturated rings. The molecule has 0 saturated heterocycles.